The van der Waals surface area contributed by atoms with Gasteiger partial charge in [0.2, 0.25) is 0 Å². The minimum absolute atomic E-state index is 0.0416. The maximum atomic E-state index is 12.7. The van der Waals surface area contributed by atoms with E-state index in [2.05, 4.69) is 27.1 Å². The van der Waals surface area contributed by atoms with Crippen LogP contribution in [0.1, 0.15) is 35.2 Å². The van der Waals surface area contributed by atoms with Gasteiger partial charge in [-0.1, -0.05) is 36.4 Å². The van der Waals surface area contributed by atoms with E-state index in [4.69, 9.17) is 0 Å². The first-order valence-electron chi connectivity index (χ1n) is 10.8. The first-order chi connectivity index (χ1) is 15.5. The molecule has 0 radical (unpaired) electrons. The lowest BCUT2D eigenvalue weighted by molar-refractivity contribution is 0.0950. The predicted molar refractivity (Wildman–Crippen MR) is 127 cm³/mol. The highest BCUT2D eigenvalue weighted by Crippen LogP contribution is 2.20. The van der Waals surface area contributed by atoms with Gasteiger partial charge in [-0.25, -0.2) is 8.42 Å². The van der Waals surface area contributed by atoms with E-state index >= 15 is 0 Å². The maximum absolute atomic E-state index is 12.7. The molecule has 1 heterocycles. The van der Waals surface area contributed by atoms with Gasteiger partial charge < -0.3 is 10.2 Å². The van der Waals surface area contributed by atoms with Crippen molar-refractivity contribution in [2.24, 2.45) is 0 Å². The normalized spacial score (nSPS) is 14.1. The summed E-state index contributed by atoms with van der Waals surface area (Å²) in [6.45, 7) is 2.56. The van der Waals surface area contributed by atoms with Gasteiger partial charge in [-0.2, -0.15) is 0 Å². The maximum Gasteiger partial charge on any atom is 0.261 e. The summed E-state index contributed by atoms with van der Waals surface area (Å²) in [4.78, 5) is 15.1. The van der Waals surface area contributed by atoms with E-state index in [0.29, 0.717) is 17.8 Å². The van der Waals surface area contributed by atoms with Gasteiger partial charge in [0.25, 0.3) is 15.9 Å². The van der Waals surface area contributed by atoms with E-state index in [1.807, 2.05) is 18.2 Å². The smallest absolute Gasteiger partial charge is 0.261 e. The Labute approximate surface area is 189 Å². The van der Waals surface area contributed by atoms with Gasteiger partial charge in [-0.15, -0.1) is 0 Å². The van der Waals surface area contributed by atoms with Gasteiger partial charge in [0.05, 0.1) is 4.90 Å². The molecule has 1 amide bonds. The number of carbonyl (C=O) groups is 1. The summed E-state index contributed by atoms with van der Waals surface area (Å²) >= 11 is 0. The topological polar surface area (TPSA) is 78.5 Å². The summed E-state index contributed by atoms with van der Waals surface area (Å²) in [6.07, 6.45) is 3.76. The minimum atomic E-state index is -3.79. The Morgan fingerprint density at radius 2 is 1.56 bits per heavy atom. The van der Waals surface area contributed by atoms with Crippen LogP contribution >= 0.6 is 0 Å². The highest BCUT2D eigenvalue weighted by atomic mass is 32.2. The molecule has 3 aromatic rings. The average molecular weight is 450 g/mol. The highest BCUT2D eigenvalue weighted by molar-refractivity contribution is 7.92. The first-order valence-corrected chi connectivity index (χ1v) is 12.3. The third-order valence-corrected chi connectivity index (χ3v) is 6.92. The zero-order valence-electron chi connectivity index (χ0n) is 17.8. The Bertz CT molecular complexity index is 1160. The fourth-order valence-corrected chi connectivity index (χ4v) is 4.89. The molecule has 0 spiro atoms. The van der Waals surface area contributed by atoms with Gasteiger partial charge in [0, 0.05) is 36.6 Å². The molecule has 1 saturated heterocycles. The fourth-order valence-electron chi connectivity index (χ4n) is 3.79. The summed E-state index contributed by atoms with van der Waals surface area (Å²) in [6, 6.07) is 22.9. The molecule has 166 valence electrons. The predicted octanol–water partition coefficient (Wildman–Crippen LogP) is 4.41. The van der Waals surface area contributed by atoms with Crippen LogP contribution in [0, 0.1) is 0 Å². The standard InChI is InChI=1S/C25H27N3O3S/c29-25(26-19-20-12-14-23(15-13-20)28-16-5-2-6-17-28)21-8-7-11-24(18-21)32(30,31)27-22-9-3-1-4-10-22/h1,3-4,7-15,18,27H,2,5-6,16-17,19H2,(H,26,29). The van der Waals surface area contributed by atoms with Crippen molar-refractivity contribution >= 4 is 27.3 Å². The van der Waals surface area contributed by atoms with E-state index < -0.39 is 10.0 Å². The molecule has 0 atom stereocenters. The van der Waals surface area contributed by atoms with Gasteiger partial charge >= 0.3 is 0 Å². The van der Waals surface area contributed by atoms with Crippen LogP contribution < -0.4 is 14.9 Å². The number of nitrogens with one attached hydrogen (secondary N) is 2. The lowest BCUT2D eigenvalue weighted by Gasteiger charge is -2.28. The molecule has 3 aromatic carbocycles. The Balaban J connectivity index is 1.38. The van der Waals surface area contributed by atoms with Crippen LogP contribution in [0.4, 0.5) is 11.4 Å². The Morgan fingerprint density at radius 3 is 2.28 bits per heavy atom. The monoisotopic (exact) mass is 449 g/mol. The third kappa shape index (κ3) is 5.48. The van der Waals surface area contributed by atoms with Crippen LogP contribution in [0.2, 0.25) is 0 Å². The van der Waals surface area contributed by atoms with Crippen molar-refractivity contribution in [3.8, 4) is 0 Å². The molecular weight excluding hydrogens is 422 g/mol. The molecule has 0 bridgehead atoms. The van der Waals surface area contributed by atoms with E-state index in [1.165, 1.54) is 37.1 Å². The molecule has 6 nitrogen and oxygen atoms in total. The van der Waals surface area contributed by atoms with Crippen molar-refractivity contribution < 1.29 is 13.2 Å². The first kappa shape index (κ1) is 21.9. The number of hydrogen-bond acceptors (Lipinski definition) is 4. The fraction of sp³-hybridized carbons (Fsp3) is 0.240. The number of piperidine rings is 1. The van der Waals surface area contributed by atoms with Crippen LogP contribution in [-0.2, 0) is 16.6 Å². The second kappa shape index (κ2) is 9.87. The number of sulfonamides is 1. The number of rotatable bonds is 7. The molecule has 32 heavy (non-hydrogen) atoms. The van der Waals surface area contributed by atoms with Crippen LogP contribution in [0.25, 0.3) is 0 Å². The summed E-state index contributed by atoms with van der Waals surface area (Å²) in [5, 5.41) is 2.87. The van der Waals surface area contributed by atoms with Crippen molar-refractivity contribution in [1.29, 1.82) is 0 Å². The van der Waals surface area contributed by atoms with Gasteiger partial charge in [-0.05, 0) is 67.3 Å². The molecule has 4 rings (SSSR count). The van der Waals surface area contributed by atoms with Crippen LogP contribution in [-0.4, -0.2) is 27.4 Å². The molecule has 2 N–H and O–H groups in total. The van der Waals surface area contributed by atoms with E-state index in [-0.39, 0.29) is 10.8 Å². The number of hydrogen-bond donors (Lipinski definition) is 2. The molecule has 0 saturated carbocycles. The van der Waals surface area contributed by atoms with Gasteiger partial charge in [-0.3, -0.25) is 9.52 Å². The van der Waals surface area contributed by atoms with Crippen molar-refractivity contribution in [2.45, 2.75) is 30.7 Å². The number of benzene rings is 3. The molecule has 0 aromatic heterocycles. The summed E-state index contributed by atoms with van der Waals surface area (Å²) in [7, 11) is -3.79. The SMILES string of the molecule is O=C(NCc1ccc(N2CCCCC2)cc1)c1cccc(S(=O)(=O)Nc2ccccc2)c1. The third-order valence-electron chi connectivity index (χ3n) is 5.54. The second-order valence-electron chi connectivity index (χ2n) is 7.90. The number of amides is 1. The number of anilines is 2. The van der Waals surface area contributed by atoms with E-state index in [0.717, 1.165) is 18.7 Å². The van der Waals surface area contributed by atoms with Crippen molar-refractivity contribution in [3.63, 3.8) is 0 Å². The molecule has 7 heteroatoms. The largest absolute Gasteiger partial charge is 0.372 e. The quantitative estimate of drug-likeness (QED) is 0.560. The highest BCUT2D eigenvalue weighted by Gasteiger charge is 2.17. The second-order valence-corrected chi connectivity index (χ2v) is 9.58. The molecule has 1 aliphatic heterocycles. The Hall–Kier alpha value is -3.32. The summed E-state index contributed by atoms with van der Waals surface area (Å²) in [5.41, 5.74) is 2.97. The van der Waals surface area contributed by atoms with Crippen LogP contribution in [0.15, 0.2) is 83.8 Å². The van der Waals surface area contributed by atoms with Crippen molar-refractivity contribution in [3.05, 3.63) is 90.0 Å². The van der Waals surface area contributed by atoms with Gasteiger partial charge in [0.15, 0.2) is 0 Å². The number of carbonyl (C=O) groups excluding carboxylic acids is 1. The minimum Gasteiger partial charge on any atom is -0.372 e. The molecular formula is C25H27N3O3S. The van der Waals surface area contributed by atoms with E-state index in [1.54, 1.807) is 36.4 Å². The zero-order valence-corrected chi connectivity index (χ0v) is 18.6. The molecule has 1 aliphatic rings. The molecule has 0 aliphatic carbocycles. The molecule has 0 unspecified atom stereocenters. The van der Waals surface area contributed by atoms with Crippen molar-refractivity contribution in [1.82, 2.24) is 5.32 Å². The lowest BCUT2D eigenvalue weighted by atomic mass is 10.1. The average Bonchev–Trinajstić information content (AvgIpc) is 2.84. The molecule has 1 fully saturated rings. The summed E-state index contributed by atoms with van der Waals surface area (Å²) < 4.78 is 27.9. The number of nitrogens with zero attached hydrogens (tertiary/aromatic N) is 1. The van der Waals surface area contributed by atoms with E-state index in [9.17, 15) is 13.2 Å². The van der Waals surface area contributed by atoms with Crippen LogP contribution in [0.5, 0.6) is 0 Å². The van der Waals surface area contributed by atoms with Crippen molar-refractivity contribution in [2.75, 3.05) is 22.7 Å². The lowest BCUT2D eigenvalue weighted by Crippen LogP contribution is -2.29. The number of para-hydroxylation sites is 1. The Kier molecular flexibility index (Phi) is 6.75. The van der Waals surface area contributed by atoms with Crippen LogP contribution in [0.3, 0.4) is 0 Å². The summed E-state index contributed by atoms with van der Waals surface area (Å²) in [5.74, 6) is -0.318. The van der Waals surface area contributed by atoms with Gasteiger partial charge in [0.1, 0.15) is 0 Å². The Morgan fingerprint density at radius 1 is 0.844 bits per heavy atom. The zero-order chi connectivity index (χ0) is 22.4.